The normalized spacial score (nSPS) is 16.0. The van der Waals surface area contributed by atoms with E-state index in [-0.39, 0.29) is 0 Å². The molecule has 0 atom stereocenters. The minimum Gasteiger partial charge on any atom is -0.384 e. The van der Waals surface area contributed by atoms with Crippen LogP contribution in [0.1, 0.15) is 19.5 Å². The average Bonchev–Trinajstić information content (AvgIpc) is 2.55. The van der Waals surface area contributed by atoms with Gasteiger partial charge in [0.05, 0.1) is 11.4 Å². The van der Waals surface area contributed by atoms with E-state index in [2.05, 4.69) is 19.8 Å². The maximum Gasteiger partial charge on any atom is 0.103 e. The molecule has 0 amide bonds. The molecule has 116 valence electrons. The van der Waals surface area contributed by atoms with Gasteiger partial charge in [-0.3, -0.25) is 9.97 Å². The number of aromatic nitrogens is 2. The van der Waals surface area contributed by atoms with Crippen molar-refractivity contribution in [3.05, 3.63) is 48.5 Å². The molecule has 0 aromatic carbocycles. The van der Waals surface area contributed by atoms with Crippen molar-refractivity contribution in [3.8, 4) is 0 Å². The molecule has 2 aromatic heterocycles. The van der Waals surface area contributed by atoms with E-state index >= 15 is 0 Å². The molecule has 5 nitrogen and oxygen atoms in total. The molecule has 3 rings (SSSR count). The SMILES string of the molecule is CC(C)(O)c1ncccc1N1CCN(c2ccncc2)CC1. The third kappa shape index (κ3) is 3.04. The van der Waals surface area contributed by atoms with Gasteiger partial charge < -0.3 is 14.9 Å². The molecule has 1 aliphatic rings. The lowest BCUT2D eigenvalue weighted by atomic mass is 10.0. The second-order valence-electron chi connectivity index (χ2n) is 6.11. The fourth-order valence-corrected chi connectivity index (χ4v) is 2.88. The van der Waals surface area contributed by atoms with Gasteiger partial charge in [0.2, 0.25) is 0 Å². The van der Waals surface area contributed by atoms with Gasteiger partial charge in [-0.05, 0) is 38.1 Å². The molecule has 1 fully saturated rings. The van der Waals surface area contributed by atoms with Crippen LogP contribution in [0, 0.1) is 0 Å². The van der Waals surface area contributed by atoms with Crippen LogP contribution in [-0.4, -0.2) is 41.3 Å². The number of hydrogen-bond acceptors (Lipinski definition) is 5. The van der Waals surface area contributed by atoms with Crippen LogP contribution >= 0.6 is 0 Å². The number of aliphatic hydroxyl groups is 1. The molecule has 0 unspecified atom stereocenters. The topological polar surface area (TPSA) is 52.5 Å². The van der Waals surface area contributed by atoms with Crippen molar-refractivity contribution in [1.82, 2.24) is 9.97 Å². The summed E-state index contributed by atoms with van der Waals surface area (Å²) in [6.07, 6.45) is 5.40. The molecule has 1 saturated heterocycles. The van der Waals surface area contributed by atoms with E-state index in [9.17, 15) is 5.11 Å². The van der Waals surface area contributed by atoms with Gasteiger partial charge in [-0.25, -0.2) is 0 Å². The van der Waals surface area contributed by atoms with Crippen molar-refractivity contribution in [1.29, 1.82) is 0 Å². The van der Waals surface area contributed by atoms with Crippen LogP contribution in [0.4, 0.5) is 11.4 Å². The van der Waals surface area contributed by atoms with Crippen LogP contribution in [0.2, 0.25) is 0 Å². The molecule has 0 radical (unpaired) electrons. The fraction of sp³-hybridized carbons (Fsp3) is 0.412. The first-order valence-electron chi connectivity index (χ1n) is 7.63. The molecule has 22 heavy (non-hydrogen) atoms. The number of pyridine rings is 2. The standard InChI is InChI=1S/C17H22N4O/c1-17(2,22)16-15(4-3-7-19-16)21-12-10-20(11-13-21)14-5-8-18-9-6-14/h3-9,22H,10-13H2,1-2H3. The molecule has 3 heterocycles. The molecule has 2 aromatic rings. The third-order valence-corrected chi connectivity index (χ3v) is 4.01. The Morgan fingerprint density at radius 1 is 0.955 bits per heavy atom. The number of anilines is 2. The maximum absolute atomic E-state index is 10.3. The van der Waals surface area contributed by atoms with E-state index in [4.69, 9.17) is 0 Å². The highest BCUT2D eigenvalue weighted by atomic mass is 16.3. The lowest BCUT2D eigenvalue weighted by Crippen LogP contribution is -2.47. The summed E-state index contributed by atoms with van der Waals surface area (Å²) in [6, 6.07) is 8.06. The molecule has 1 aliphatic heterocycles. The van der Waals surface area contributed by atoms with Crippen molar-refractivity contribution in [2.24, 2.45) is 0 Å². The molecule has 0 bridgehead atoms. The summed E-state index contributed by atoms with van der Waals surface area (Å²) in [4.78, 5) is 13.1. The van der Waals surface area contributed by atoms with Gasteiger partial charge in [0.1, 0.15) is 5.60 Å². The zero-order valence-corrected chi connectivity index (χ0v) is 13.1. The molecule has 5 heteroatoms. The van der Waals surface area contributed by atoms with Gasteiger partial charge in [0, 0.05) is 50.5 Å². The number of nitrogens with zero attached hydrogens (tertiary/aromatic N) is 4. The van der Waals surface area contributed by atoms with Gasteiger partial charge in [-0.2, -0.15) is 0 Å². The quantitative estimate of drug-likeness (QED) is 0.939. The summed E-state index contributed by atoms with van der Waals surface area (Å²) in [5.74, 6) is 0. The Labute approximate surface area is 131 Å². The van der Waals surface area contributed by atoms with E-state index in [1.165, 1.54) is 5.69 Å². The van der Waals surface area contributed by atoms with Crippen LogP contribution in [0.3, 0.4) is 0 Å². The monoisotopic (exact) mass is 298 g/mol. The highest BCUT2D eigenvalue weighted by molar-refractivity contribution is 5.55. The lowest BCUT2D eigenvalue weighted by Gasteiger charge is -2.38. The van der Waals surface area contributed by atoms with Gasteiger partial charge in [0.25, 0.3) is 0 Å². The first-order chi connectivity index (χ1) is 10.6. The summed E-state index contributed by atoms with van der Waals surface area (Å²) in [6.45, 7) is 7.29. The summed E-state index contributed by atoms with van der Waals surface area (Å²) < 4.78 is 0. The van der Waals surface area contributed by atoms with Crippen molar-refractivity contribution in [3.63, 3.8) is 0 Å². The number of hydrogen-bond donors (Lipinski definition) is 1. The Morgan fingerprint density at radius 3 is 2.23 bits per heavy atom. The van der Waals surface area contributed by atoms with Gasteiger partial charge in [-0.1, -0.05) is 0 Å². The Morgan fingerprint density at radius 2 is 1.59 bits per heavy atom. The minimum absolute atomic E-state index is 0.743. The zero-order chi connectivity index (χ0) is 15.6. The third-order valence-electron chi connectivity index (χ3n) is 4.01. The van der Waals surface area contributed by atoms with Crippen molar-refractivity contribution in [2.75, 3.05) is 36.0 Å². The van der Waals surface area contributed by atoms with Crippen molar-refractivity contribution < 1.29 is 5.11 Å². The summed E-state index contributed by atoms with van der Waals surface area (Å²) in [5, 5.41) is 10.3. The number of piperazine rings is 1. The second-order valence-corrected chi connectivity index (χ2v) is 6.11. The predicted octanol–water partition coefficient (Wildman–Crippen LogP) is 2.03. The van der Waals surface area contributed by atoms with Gasteiger partial charge >= 0.3 is 0 Å². The summed E-state index contributed by atoms with van der Waals surface area (Å²) in [5.41, 5.74) is 2.05. The van der Waals surface area contributed by atoms with Crippen LogP contribution in [0.15, 0.2) is 42.9 Å². The summed E-state index contributed by atoms with van der Waals surface area (Å²) in [7, 11) is 0. The minimum atomic E-state index is -0.932. The largest absolute Gasteiger partial charge is 0.384 e. The number of rotatable bonds is 3. The lowest BCUT2D eigenvalue weighted by molar-refractivity contribution is 0.0743. The molecule has 0 saturated carbocycles. The molecule has 1 N–H and O–H groups in total. The first-order valence-corrected chi connectivity index (χ1v) is 7.63. The van der Waals surface area contributed by atoms with Crippen LogP contribution in [0.5, 0.6) is 0 Å². The van der Waals surface area contributed by atoms with Crippen molar-refractivity contribution in [2.45, 2.75) is 19.4 Å². The van der Waals surface area contributed by atoms with E-state index in [0.29, 0.717) is 0 Å². The van der Waals surface area contributed by atoms with Gasteiger partial charge in [-0.15, -0.1) is 0 Å². The fourth-order valence-electron chi connectivity index (χ4n) is 2.88. The van der Waals surface area contributed by atoms with Crippen LogP contribution in [0.25, 0.3) is 0 Å². The second kappa shape index (κ2) is 5.93. The van der Waals surface area contributed by atoms with Crippen molar-refractivity contribution >= 4 is 11.4 Å². The van der Waals surface area contributed by atoms with E-state index < -0.39 is 5.60 Å². The van der Waals surface area contributed by atoms with E-state index in [0.717, 1.165) is 37.6 Å². The van der Waals surface area contributed by atoms with E-state index in [1.54, 1.807) is 20.0 Å². The Hall–Kier alpha value is -2.14. The Balaban J connectivity index is 1.75. The smallest absolute Gasteiger partial charge is 0.103 e. The predicted molar refractivity (Wildman–Crippen MR) is 88.1 cm³/mol. The molecule has 0 spiro atoms. The molecular weight excluding hydrogens is 276 g/mol. The molecule has 0 aliphatic carbocycles. The van der Waals surface area contributed by atoms with Crippen LogP contribution < -0.4 is 9.80 Å². The average molecular weight is 298 g/mol. The maximum atomic E-state index is 10.3. The highest BCUT2D eigenvalue weighted by Gasteiger charge is 2.26. The zero-order valence-electron chi connectivity index (χ0n) is 13.1. The first kappa shape index (κ1) is 14.8. The van der Waals surface area contributed by atoms with E-state index in [1.807, 2.05) is 36.7 Å². The van der Waals surface area contributed by atoms with Gasteiger partial charge in [0.15, 0.2) is 0 Å². The highest BCUT2D eigenvalue weighted by Crippen LogP contribution is 2.29. The summed E-state index contributed by atoms with van der Waals surface area (Å²) >= 11 is 0. The Kier molecular flexibility index (Phi) is 3.98. The molecular formula is C17H22N4O. The van der Waals surface area contributed by atoms with Crippen LogP contribution in [-0.2, 0) is 5.60 Å². The Bertz CT molecular complexity index is 616.